The molecule has 0 aliphatic carbocycles. The number of piperidine rings is 2. The van der Waals surface area contributed by atoms with Crippen molar-refractivity contribution in [3.8, 4) is 5.75 Å². The first-order valence-electron chi connectivity index (χ1n) is 21.2. The van der Waals surface area contributed by atoms with E-state index in [0.29, 0.717) is 70.9 Å². The van der Waals surface area contributed by atoms with E-state index in [1.54, 1.807) is 36.4 Å². The van der Waals surface area contributed by atoms with Gasteiger partial charge in [0, 0.05) is 66.0 Å². The molecule has 1 atom stereocenters. The van der Waals surface area contributed by atoms with Crippen molar-refractivity contribution >= 4 is 86.9 Å². The Balaban J connectivity index is 0.728. The summed E-state index contributed by atoms with van der Waals surface area (Å²) in [6.45, 7) is 3.45. The number of fused-ring (bicyclic) bond motifs is 2. The SMILES string of the molecule is COc1cc2ncnc(Nc3ccc(F)c(Cl)c3)c2cc1NC(=O)/C=C/CN1CCC(NC(=O)COCCOCCOCCSc2cccc3c2C(=O)N(C2CCC(=O)NC2=O)C3=O)CC1. The molecule has 2 fully saturated rings. The van der Waals surface area contributed by atoms with Gasteiger partial charge < -0.3 is 34.9 Å². The minimum Gasteiger partial charge on any atom is -0.494 e. The van der Waals surface area contributed by atoms with Gasteiger partial charge in [-0.05, 0) is 55.7 Å². The van der Waals surface area contributed by atoms with Gasteiger partial charge in [-0.3, -0.25) is 43.9 Å². The molecule has 4 N–H and O–H groups in total. The predicted octanol–water partition coefficient (Wildman–Crippen LogP) is 4.49. The van der Waals surface area contributed by atoms with Crippen molar-refractivity contribution in [2.75, 3.05) is 82.8 Å². The van der Waals surface area contributed by atoms with E-state index in [0.717, 1.165) is 30.8 Å². The molecule has 348 valence electrons. The number of benzene rings is 3. The van der Waals surface area contributed by atoms with Gasteiger partial charge in [-0.15, -0.1) is 11.8 Å². The van der Waals surface area contributed by atoms with E-state index in [4.69, 9.17) is 30.5 Å². The van der Waals surface area contributed by atoms with Gasteiger partial charge in [0.25, 0.3) is 11.8 Å². The molecule has 21 heteroatoms. The van der Waals surface area contributed by atoms with Crippen LogP contribution in [0.5, 0.6) is 5.75 Å². The lowest BCUT2D eigenvalue weighted by Gasteiger charge is -2.31. The maximum absolute atomic E-state index is 13.7. The summed E-state index contributed by atoms with van der Waals surface area (Å²) in [5.41, 5.74) is 1.99. The van der Waals surface area contributed by atoms with Crippen molar-refractivity contribution in [3.63, 3.8) is 0 Å². The smallest absolute Gasteiger partial charge is 0.263 e. The molecule has 7 rings (SSSR count). The topological polar surface area (TPSA) is 220 Å². The van der Waals surface area contributed by atoms with Gasteiger partial charge in [0.05, 0.1) is 67.5 Å². The van der Waals surface area contributed by atoms with Gasteiger partial charge in [0.15, 0.2) is 0 Å². The van der Waals surface area contributed by atoms with E-state index in [1.165, 1.54) is 49.5 Å². The second kappa shape index (κ2) is 22.9. The quantitative estimate of drug-likeness (QED) is 0.0392. The summed E-state index contributed by atoms with van der Waals surface area (Å²) < 4.78 is 35.9. The molecule has 6 amide bonds. The molecule has 0 spiro atoms. The fourth-order valence-electron chi connectivity index (χ4n) is 7.59. The molecule has 3 aromatic carbocycles. The van der Waals surface area contributed by atoms with Crippen LogP contribution < -0.4 is 26.0 Å². The summed E-state index contributed by atoms with van der Waals surface area (Å²) in [6.07, 6.45) is 6.27. The number of thioether (sulfide) groups is 1. The van der Waals surface area contributed by atoms with Crippen LogP contribution in [-0.2, 0) is 33.4 Å². The zero-order valence-corrected chi connectivity index (χ0v) is 37.5. The van der Waals surface area contributed by atoms with Crippen molar-refractivity contribution in [1.29, 1.82) is 0 Å². The van der Waals surface area contributed by atoms with Crippen LogP contribution in [0, 0.1) is 5.82 Å². The van der Waals surface area contributed by atoms with Crippen LogP contribution >= 0.6 is 23.4 Å². The minimum atomic E-state index is -1.02. The number of carbonyl (C=O) groups excluding carboxylic acids is 6. The number of amides is 6. The van der Waals surface area contributed by atoms with Crippen LogP contribution in [0.1, 0.15) is 46.4 Å². The number of imide groups is 2. The fraction of sp³-hybridized carbons (Fsp3) is 0.378. The number of carbonyl (C=O) groups is 6. The number of nitrogens with one attached hydrogen (secondary N) is 4. The highest BCUT2D eigenvalue weighted by Gasteiger charge is 2.45. The Bertz CT molecular complexity index is 2510. The number of methoxy groups -OCH3 is 1. The Morgan fingerprint density at radius 3 is 2.48 bits per heavy atom. The summed E-state index contributed by atoms with van der Waals surface area (Å²) in [5.74, 6) is -1.92. The van der Waals surface area contributed by atoms with Crippen molar-refractivity contribution in [2.24, 2.45) is 0 Å². The number of ether oxygens (including phenoxy) is 4. The molecule has 1 aromatic heterocycles. The number of hydrogen-bond donors (Lipinski definition) is 4. The van der Waals surface area contributed by atoms with E-state index in [2.05, 4.69) is 36.1 Å². The number of nitrogens with zero attached hydrogens (tertiary/aromatic N) is 4. The molecular weight excluding hydrogens is 899 g/mol. The molecule has 0 radical (unpaired) electrons. The van der Waals surface area contributed by atoms with E-state index in [1.807, 2.05) is 0 Å². The lowest BCUT2D eigenvalue weighted by molar-refractivity contribution is -0.136. The third kappa shape index (κ3) is 12.2. The van der Waals surface area contributed by atoms with Crippen LogP contribution in [0.15, 0.2) is 71.9 Å². The second-order valence-corrected chi connectivity index (χ2v) is 16.9. The zero-order valence-electron chi connectivity index (χ0n) is 35.9. The van der Waals surface area contributed by atoms with Gasteiger partial charge in [-0.25, -0.2) is 14.4 Å². The molecule has 18 nitrogen and oxygen atoms in total. The predicted molar refractivity (Wildman–Crippen MR) is 242 cm³/mol. The van der Waals surface area contributed by atoms with Crippen LogP contribution in [0.2, 0.25) is 5.02 Å². The van der Waals surface area contributed by atoms with Crippen LogP contribution in [-0.4, -0.2) is 139 Å². The molecule has 4 heterocycles. The lowest BCUT2D eigenvalue weighted by Crippen LogP contribution is -2.54. The Kier molecular flexibility index (Phi) is 16.6. The number of anilines is 3. The molecule has 0 bridgehead atoms. The Morgan fingerprint density at radius 2 is 1.73 bits per heavy atom. The van der Waals surface area contributed by atoms with E-state index >= 15 is 0 Å². The van der Waals surface area contributed by atoms with Gasteiger partial charge in [-0.1, -0.05) is 23.7 Å². The maximum Gasteiger partial charge on any atom is 0.263 e. The van der Waals surface area contributed by atoms with Crippen LogP contribution in [0.4, 0.5) is 21.6 Å². The molecular formula is C45H48ClFN8O10S. The normalized spacial score (nSPS) is 16.8. The Labute approximate surface area is 388 Å². The van der Waals surface area contributed by atoms with Crippen molar-refractivity contribution < 1.29 is 52.1 Å². The maximum atomic E-state index is 13.7. The number of likely N-dealkylation sites (tertiary alicyclic amines) is 1. The largest absolute Gasteiger partial charge is 0.494 e. The minimum absolute atomic E-state index is 0.0123. The zero-order chi connectivity index (χ0) is 46.6. The van der Waals surface area contributed by atoms with Crippen LogP contribution in [0.25, 0.3) is 10.9 Å². The Hall–Kier alpha value is -6.03. The summed E-state index contributed by atoms with van der Waals surface area (Å²) in [4.78, 5) is 88.1. The van der Waals surface area contributed by atoms with Crippen LogP contribution in [0.3, 0.4) is 0 Å². The third-order valence-electron chi connectivity index (χ3n) is 10.9. The molecule has 1 unspecified atom stereocenters. The van der Waals surface area contributed by atoms with Gasteiger partial charge >= 0.3 is 0 Å². The van der Waals surface area contributed by atoms with Crippen molar-refractivity contribution in [2.45, 2.75) is 42.7 Å². The van der Waals surface area contributed by atoms with E-state index in [9.17, 15) is 33.2 Å². The molecule has 2 saturated heterocycles. The highest BCUT2D eigenvalue weighted by Crippen LogP contribution is 2.35. The fourth-order valence-corrected chi connectivity index (χ4v) is 8.71. The standard InChI is InChI=1S/C45H48ClFN8O10S/c1-62-36-24-33-30(42(49-26-48-33)51-28-7-8-32(47)31(46)22-28)23-34(36)52-38(56)6-3-13-54-14-11-27(12-15-54)50-40(58)25-65-19-18-63-16-17-64-20-21-66-37-5-2-4-29-41(37)45(61)55(44(29)60)35-9-10-39(57)53-43(35)59/h2-8,22-24,26-27,35H,9-21,25H2,1H3,(H,50,58)(H,52,56)(H,48,49,51)(H,53,57,59)/b6-3+. The molecule has 3 aliphatic heterocycles. The monoisotopic (exact) mass is 946 g/mol. The molecule has 0 saturated carbocycles. The number of rotatable bonds is 21. The molecule has 4 aromatic rings. The summed E-state index contributed by atoms with van der Waals surface area (Å²) in [7, 11) is 1.49. The first kappa shape index (κ1) is 47.9. The van der Waals surface area contributed by atoms with E-state index in [-0.39, 0.29) is 66.7 Å². The van der Waals surface area contributed by atoms with E-state index < -0.39 is 35.5 Å². The van der Waals surface area contributed by atoms with Gasteiger partial charge in [0.2, 0.25) is 23.6 Å². The molecule has 3 aliphatic rings. The summed E-state index contributed by atoms with van der Waals surface area (Å²) in [5, 5.41) is 11.8. The summed E-state index contributed by atoms with van der Waals surface area (Å²) in [6, 6.07) is 11.6. The average molecular weight is 947 g/mol. The highest BCUT2D eigenvalue weighted by molar-refractivity contribution is 7.99. The number of halogens is 2. The molecule has 66 heavy (non-hydrogen) atoms. The summed E-state index contributed by atoms with van der Waals surface area (Å²) >= 11 is 7.31. The number of hydrogen-bond acceptors (Lipinski definition) is 15. The van der Waals surface area contributed by atoms with Gasteiger partial charge in [-0.2, -0.15) is 0 Å². The first-order chi connectivity index (χ1) is 32.0. The van der Waals surface area contributed by atoms with Gasteiger partial charge in [0.1, 0.15) is 36.4 Å². The van der Waals surface area contributed by atoms with Crippen molar-refractivity contribution in [1.82, 2.24) is 30.4 Å². The lowest BCUT2D eigenvalue weighted by atomic mass is 10.0. The van der Waals surface area contributed by atoms with Crippen molar-refractivity contribution in [3.05, 3.63) is 89.0 Å². The Morgan fingerprint density at radius 1 is 0.955 bits per heavy atom. The highest BCUT2D eigenvalue weighted by atomic mass is 35.5. The number of aromatic nitrogens is 2. The average Bonchev–Trinajstić information content (AvgIpc) is 3.56. The third-order valence-corrected chi connectivity index (χ3v) is 12.2. The first-order valence-corrected chi connectivity index (χ1v) is 22.6. The second-order valence-electron chi connectivity index (χ2n) is 15.3.